The highest BCUT2D eigenvalue weighted by molar-refractivity contribution is 6.43. The fourth-order valence-electron chi connectivity index (χ4n) is 1.36. The van der Waals surface area contributed by atoms with E-state index in [1.807, 2.05) is 0 Å². The van der Waals surface area contributed by atoms with Gasteiger partial charge in [0.15, 0.2) is 0 Å². The molecule has 6 heteroatoms. The molecule has 2 rings (SSSR count). The van der Waals surface area contributed by atoms with Crippen LogP contribution in [0.3, 0.4) is 0 Å². The lowest BCUT2D eigenvalue weighted by atomic mass is 10.2. The average Bonchev–Trinajstić information content (AvgIpc) is 2.81. The van der Waals surface area contributed by atoms with E-state index in [0.717, 1.165) is 0 Å². The zero-order chi connectivity index (χ0) is 12.4. The molecule has 0 saturated carbocycles. The van der Waals surface area contributed by atoms with Gasteiger partial charge in [0.2, 0.25) is 0 Å². The number of esters is 1. The Morgan fingerprint density at radius 3 is 2.88 bits per heavy atom. The molecule has 0 bridgehead atoms. The van der Waals surface area contributed by atoms with E-state index in [1.165, 1.54) is 13.3 Å². The summed E-state index contributed by atoms with van der Waals surface area (Å²) in [5.74, 6) is -0.0141. The SMILES string of the molecule is COC(=O)c1cnc(-c2cccc(Cl)c2Cl)[nH]1. The molecule has 2 aromatic rings. The number of rotatable bonds is 2. The zero-order valence-electron chi connectivity index (χ0n) is 8.83. The van der Waals surface area contributed by atoms with Gasteiger partial charge in [-0.1, -0.05) is 29.3 Å². The number of nitrogens with zero attached hydrogens (tertiary/aromatic N) is 1. The Morgan fingerprint density at radius 1 is 1.41 bits per heavy atom. The maximum atomic E-state index is 11.3. The Balaban J connectivity index is 2.44. The van der Waals surface area contributed by atoms with Crippen molar-refractivity contribution < 1.29 is 9.53 Å². The summed E-state index contributed by atoms with van der Waals surface area (Å²) in [6, 6.07) is 5.19. The van der Waals surface area contributed by atoms with Crippen molar-refractivity contribution in [3.8, 4) is 11.4 Å². The normalized spacial score (nSPS) is 10.3. The van der Waals surface area contributed by atoms with Gasteiger partial charge < -0.3 is 9.72 Å². The van der Waals surface area contributed by atoms with Crippen LogP contribution in [-0.4, -0.2) is 23.0 Å². The number of benzene rings is 1. The number of aromatic amines is 1. The van der Waals surface area contributed by atoms with Crippen LogP contribution in [0.5, 0.6) is 0 Å². The number of imidazole rings is 1. The second-order valence-corrected chi connectivity index (χ2v) is 4.02. The van der Waals surface area contributed by atoms with Gasteiger partial charge in [-0.25, -0.2) is 9.78 Å². The molecule has 0 amide bonds. The largest absolute Gasteiger partial charge is 0.464 e. The topological polar surface area (TPSA) is 55.0 Å². The molecular formula is C11H8Cl2N2O2. The Bertz CT molecular complexity index is 566. The standard InChI is InChI=1S/C11H8Cl2N2O2/c1-17-11(16)8-5-14-10(15-8)6-3-2-4-7(12)9(6)13/h2-5H,1H3,(H,14,15). The molecule has 0 atom stereocenters. The lowest BCUT2D eigenvalue weighted by Crippen LogP contribution is -2.00. The number of methoxy groups -OCH3 is 1. The van der Waals surface area contributed by atoms with Crippen LogP contribution >= 0.6 is 23.2 Å². The predicted molar refractivity (Wildman–Crippen MR) is 65.4 cm³/mol. The second kappa shape index (κ2) is 4.77. The number of carbonyl (C=O) groups is 1. The van der Waals surface area contributed by atoms with E-state index in [-0.39, 0.29) is 5.69 Å². The summed E-state index contributed by atoms with van der Waals surface area (Å²) in [7, 11) is 1.30. The van der Waals surface area contributed by atoms with E-state index in [0.29, 0.717) is 21.4 Å². The van der Waals surface area contributed by atoms with Crippen LogP contribution in [0.1, 0.15) is 10.5 Å². The van der Waals surface area contributed by atoms with Crippen molar-refractivity contribution in [3.63, 3.8) is 0 Å². The molecule has 0 aliphatic rings. The molecule has 0 spiro atoms. The molecule has 0 saturated heterocycles. The monoisotopic (exact) mass is 270 g/mol. The third-order valence-corrected chi connectivity index (χ3v) is 3.01. The number of ether oxygens (including phenoxy) is 1. The van der Waals surface area contributed by atoms with Crippen LogP contribution < -0.4 is 0 Å². The highest BCUT2D eigenvalue weighted by Crippen LogP contribution is 2.31. The summed E-state index contributed by atoms with van der Waals surface area (Å²) in [5, 5.41) is 0.820. The molecule has 1 heterocycles. The van der Waals surface area contributed by atoms with Crippen molar-refractivity contribution in [2.24, 2.45) is 0 Å². The quantitative estimate of drug-likeness (QED) is 0.853. The van der Waals surface area contributed by atoms with Gasteiger partial charge in [0, 0.05) is 5.56 Å². The number of aromatic nitrogens is 2. The fraction of sp³-hybridized carbons (Fsp3) is 0.0909. The van der Waals surface area contributed by atoms with Gasteiger partial charge in [-0.15, -0.1) is 0 Å². The summed E-state index contributed by atoms with van der Waals surface area (Å²) in [6.07, 6.45) is 1.39. The molecule has 0 fully saturated rings. The summed E-state index contributed by atoms with van der Waals surface area (Å²) in [5.41, 5.74) is 0.896. The Hall–Kier alpha value is -1.52. The molecule has 17 heavy (non-hydrogen) atoms. The molecule has 1 aromatic heterocycles. The number of carbonyl (C=O) groups excluding carboxylic acids is 1. The lowest BCUT2D eigenvalue weighted by Gasteiger charge is -2.01. The maximum Gasteiger partial charge on any atom is 0.356 e. The predicted octanol–water partition coefficient (Wildman–Crippen LogP) is 3.17. The molecule has 0 radical (unpaired) electrons. The Morgan fingerprint density at radius 2 is 2.18 bits per heavy atom. The minimum atomic E-state index is -0.484. The number of H-pyrrole nitrogens is 1. The Labute approximate surface area is 108 Å². The second-order valence-electron chi connectivity index (χ2n) is 3.24. The highest BCUT2D eigenvalue weighted by atomic mass is 35.5. The molecule has 4 nitrogen and oxygen atoms in total. The van der Waals surface area contributed by atoms with Gasteiger partial charge in [0.25, 0.3) is 0 Å². The van der Waals surface area contributed by atoms with Gasteiger partial charge in [-0.05, 0) is 12.1 Å². The van der Waals surface area contributed by atoms with Crippen LogP contribution in [0.25, 0.3) is 11.4 Å². The van der Waals surface area contributed by atoms with E-state index >= 15 is 0 Å². The molecule has 0 aliphatic carbocycles. The minimum Gasteiger partial charge on any atom is -0.464 e. The smallest absolute Gasteiger partial charge is 0.356 e. The lowest BCUT2D eigenvalue weighted by molar-refractivity contribution is 0.0595. The van der Waals surface area contributed by atoms with Gasteiger partial charge in [0.1, 0.15) is 11.5 Å². The van der Waals surface area contributed by atoms with Crippen molar-refractivity contribution in [1.82, 2.24) is 9.97 Å². The van der Waals surface area contributed by atoms with Crippen molar-refractivity contribution in [3.05, 3.63) is 40.1 Å². The molecule has 1 N–H and O–H groups in total. The van der Waals surface area contributed by atoms with Gasteiger partial charge in [-0.3, -0.25) is 0 Å². The van der Waals surface area contributed by atoms with Crippen molar-refractivity contribution >= 4 is 29.2 Å². The average molecular weight is 271 g/mol. The third kappa shape index (κ3) is 2.28. The van der Waals surface area contributed by atoms with Crippen molar-refractivity contribution in [1.29, 1.82) is 0 Å². The van der Waals surface area contributed by atoms with Crippen LogP contribution in [0.15, 0.2) is 24.4 Å². The highest BCUT2D eigenvalue weighted by Gasteiger charge is 2.13. The number of halogens is 2. The number of hydrogen-bond donors (Lipinski definition) is 1. The first-order chi connectivity index (χ1) is 8.13. The number of hydrogen-bond acceptors (Lipinski definition) is 3. The first-order valence-electron chi connectivity index (χ1n) is 4.71. The summed E-state index contributed by atoms with van der Waals surface area (Å²) < 4.78 is 4.57. The molecule has 88 valence electrons. The molecule has 0 unspecified atom stereocenters. The number of nitrogens with one attached hydrogen (secondary N) is 1. The molecule has 1 aromatic carbocycles. The van der Waals surface area contributed by atoms with E-state index in [1.54, 1.807) is 18.2 Å². The summed E-state index contributed by atoms with van der Waals surface area (Å²) in [6.45, 7) is 0. The van der Waals surface area contributed by atoms with E-state index < -0.39 is 5.97 Å². The third-order valence-electron chi connectivity index (χ3n) is 2.19. The first kappa shape index (κ1) is 12.0. The molecular weight excluding hydrogens is 263 g/mol. The van der Waals surface area contributed by atoms with Gasteiger partial charge >= 0.3 is 5.97 Å². The Kier molecular flexibility index (Phi) is 3.36. The fourth-order valence-corrected chi connectivity index (χ4v) is 1.75. The van der Waals surface area contributed by atoms with E-state index in [4.69, 9.17) is 23.2 Å². The summed E-state index contributed by atoms with van der Waals surface area (Å²) >= 11 is 11.9. The zero-order valence-corrected chi connectivity index (χ0v) is 10.3. The van der Waals surface area contributed by atoms with Gasteiger partial charge in [-0.2, -0.15) is 0 Å². The van der Waals surface area contributed by atoms with E-state index in [2.05, 4.69) is 14.7 Å². The minimum absolute atomic E-state index is 0.263. The maximum absolute atomic E-state index is 11.3. The van der Waals surface area contributed by atoms with Crippen LogP contribution in [-0.2, 0) is 4.74 Å². The van der Waals surface area contributed by atoms with E-state index in [9.17, 15) is 4.79 Å². The van der Waals surface area contributed by atoms with Crippen LogP contribution in [0.4, 0.5) is 0 Å². The van der Waals surface area contributed by atoms with Crippen molar-refractivity contribution in [2.75, 3.05) is 7.11 Å². The van der Waals surface area contributed by atoms with Crippen LogP contribution in [0, 0.1) is 0 Å². The van der Waals surface area contributed by atoms with Crippen LogP contribution in [0.2, 0.25) is 10.0 Å². The van der Waals surface area contributed by atoms with Gasteiger partial charge in [0.05, 0.1) is 23.4 Å². The summed E-state index contributed by atoms with van der Waals surface area (Å²) in [4.78, 5) is 18.1. The molecule has 0 aliphatic heterocycles. The van der Waals surface area contributed by atoms with Crippen molar-refractivity contribution in [2.45, 2.75) is 0 Å². The first-order valence-corrected chi connectivity index (χ1v) is 5.46.